The van der Waals surface area contributed by atoms with Gasteiger partial charge in [0.05, 0.1) is 5.69 Å². The van der Waals surface area contributed by atoms with Gasteiger partial charge in [-0.1, -0.05) is 19.4 Å². The molecule has 1 aliphatic carbocycles. The molecule has 0 radical (unpaired) electrons. The fraction of sp³-hybridized carbons (Fsp3) is 0.471. The third-order valence-corrected chi connectivity index (χ3v) is 4.19. The van der Waals surface area contributed by atoms with Gasteiger partial charge < -0.3 is 4.90 Å². The molecule has 1 fully saturated rings. The molecule has 5 nitrogen and oxygen atoms in total. The number of benzene rings is 1. The molecule has 7 heteroatoms. The van der Waals surface area contributed by atoms with Crippen LogP contribution in [0.1, 0.15) is 60.3 Å². The summed E-state index contributed by atoms with van der Waals surface area (Å²) in [5, 5.41) is 10.6. The number of carbonyl (C=O) groups is 1. The minimum Gasteiger partial charge on any atom is -0.333 e. The Hall–Kier alpha value is -2.31. The Morgan fingerprint density at radius 3 is 2.79 bits per heavy atom. The van der Waals surface area contributed by atoms with Gasteiger partial charge in [0.2, 0.25) is 0 Å². The Morgan fingerprint density at radius 1 is 1.33 bits per heavy atom. The molecule has 2 aromatic rings. The van der Waals surface area contributed by atoms with Crippen LogP contribution in [0.5, 0.6) is 0 Å². The highest BCUT2D eigenvalue weighted by Gasteiger charge is 2.33. The maximum atomic E-state index is 13.9. The van der Waals surface area contributed by atoms with E-state index >= 15 is 0 Å². The maximum absolute atomic E-state index is 13.9. The number of H-pyrrole nitrogens is 1. The third kappa shape index (κ3) is 3.60. The van der Waals surface area contributed by atoms with Crippen LogP contribution in [-0.2, 0) is 6.54 Å². The second-order valence-corrected chi connectivity index (χ2v) is 6.15. The first kappa shape index (κ1) is 16.5. The molecule has 3 rings (SSSR count). The van der Waals surface area contributed by atoms with Crippen molar-refractivity contribution in [2.75, 3.05) is 6.54 Å². The van der Waals surface area contributed by atoms with Gasteiger partial charge in [-0.3, -0.25) is 4.79 Å². The highest BCUT2D eigenvalue weighted by atomic mass is 19.1. The molecule has 128 valence electrons. The van der Waals surface area contributed by atoms with Gasteiger partial charge in [0, 0.05) is 30.6 Å². The van der Waals surface area contributed by atoms with Crippen molar-refractivity contribution in [3.8, 4) is 0 Å². The van der Waals surface area contributed by atoms with Crippen molar-refractivity contribution >= 4 is 5.91 Å². The Bertz CT molecular complexity index is 727. The summed E-state index contributed by atoms with van der Waals surface area (Å²) in [6.45, 7) is 2.60. The van der Waals surface area contributed by atoms with E-state index in [-0.39, 0.29) is 18.0 Å². The number of nitrogens with zero attached hydrogens (tertiary/aromatic N) is 3. The smallest absolute Gasteiger partial charge is 0.276 e. The average Bonchev–Trinajstić information content (AvgIpc) is 3.29. The fourth-order valence-electron chi connectivity index (χ4n) is 2.64. The van der Waals surface area contributed by atoms with Crippen molar-refractivity contribution < 1.29 is 13.6 Å². The Labute approximate surface area is 139 Å². The maximum Gasteiger partial charge on any atom is 0.276 e. The molecule has 1 aromatic heterocycles. The van der Waals surface area contributed by atoms with Gasteiger partial charge in [0.25, 0.3) is 5.91 Å². The largest absolute Gasteiger partial charge is 0.333 e. The molecule has 0 bridgehead atoms. The number of hydrogen-bond donors (Lipinski definition) is 1. The quantitative estimate of drug-likeness (QED) is 0.844. The molecule has 1 aromatic carbocycles. The molecule has 0 saturated heterocycles. The van der Waals surface area contributed by atoms with Crippen LogP contribution in [0.3, 0.4) is 0 Å². The molecule has 0 spiro atoms. The lowest BCUT2D eigenvalue weighted by molar-refractivity contribution is 0.0732. The molecule has 1 amide bonds. The highest BCUT2D eigenvalue weighted by molar-refractivity contribution is 5.93. The van der Waals surface area contributed by atoms with Gasteiger partial charge in [-0.05, 0) is 25.3 Å². The fourth-order valence-corrected chi connectivity index (χ4v) is 2.64. The van der Waals surface area contributed by atoms with E-state index in [1.54, 1.807) is 4.90 Å². The molecule has 1 aliphatic rings. The van der Waals surface area contributed by atoms with Crippen LogP contribution in [0.25, 0.3) is 0 Å². The predicted molar refractivity (Wildman–Crippen MR) is 84.4 cm³/mol. The van der Waals surface area contributed by atoms with Gasteiger partial charge in [-0.15, -0.1) is 0 Å². The molecule has 0 unspecified atom stereocenters. The normalized spacial score (nSPS) is 14.0. The summed E-state index contributed by atoms with van der Waals surface area (Å²) in [5.74, 6) is -1.25. The summed E-state index contributed by atoms with van der Waals surface area (Å²) in [7, 11) is 0. The second kappa shape index (κ2) is 7.07. The lowest BCUT2D eigenvalue weighted by Gasteiger charge is -2.22. The lowest BCUT2D eigenvalue weighted by Crippen LogP contribution is -2.32. The van der Waals surface area contributed by atoms with Crippen LogP contribution in [0.15, 0.2) is 18.2 Å². The number of rotatable bonds is 7. The van der Waals surface area contributed by atoms with Crippen LogP contribution in [-0.4, -0.2) is 32.8 Å². The van der Waals surface area contributed by atoms with Crippen LogP contribution < -0.4 is 0 Å². The zero-order chi connectivity index (χ0) is 17.1. The number of aromatic nitrogens is 3. The van der Waals surface area contributed by atoms with Crippen LogP contribution in [0, 0.1) is 11.6 Å². The number of unbranched alkanes of at least 4 members (excludes halogenated alkanes) is 1. The van der Waals surface area contributed by atoms with Gasteiger partial charge in [-0.25, -0.2) is 8.78 Å². The summed E-state index contributed by atoms with van der Waals surface area (Å²) < 4.78 is 27.0. The van der Waals surface area contributed by atoms with Crippen LogP contribution in [0.2, 0.25) is 0 Å². The highest BCUT2D eigenvalue weighted by Crippen LogP contribution is 2.40. The van der Waals surface area contributed by atoms with Gasteiger partial charge in [-0.2, -0.15) is 15.4 Å². The Kier molecular flexibility index (Phi) is 4.87. The molecule has 1 N–H and O–H groups in total. The molecule has 0 aliphatic heterocycles. The van der Waals surface area contributed by atoms with Crippen molar-refractivity contribution in [1.82, 2.24) is 20.3 Å². The molecular weight excluding hydrogens is 314 g/mol. The molecule has 24 heavy (non-hydrogen) atoms. The zero-order valence-electron chi connectivity index (χ0n) is 13.6. The third-order valence-electron chi connectivity index (χ3n) is 4.19. The Morgan fingerprint density at radius 2 is 2.12 bits per heavy atom. The zero-order valence-corrected chi connectivity index (χ0v) is 13.6. The van der Waals surface area contributed by atoms with Crippen molar-refractivity contribution in [2.24, 2.45) is 0 Å². The monoisotopic (exact) mass is 334 g/mol. The van der Waals surface area contributed by atoms with Crippen molar-refractivity contribution in [2.45, 2.75) is 45.1 Å². The number of hydrogen-bond acceptors (Lipinski definition) is 3. The van der Waals surface area contributed by atoms with E-state index in [9.17, 15) is 13.6 Å². The SMILES string of the molecule is CCCCN(Cc1ccc(F)cc1F)C(=O)c1n[nH]nc1C1CC1. The minimum atomic E-state index is -0.646. The first-order chi connectivity index (χ1) is 11.6. The van der Waals surface area contributed by atoms with E-state index in [1.165, 1.54) is 12.1 Å². The molecular formula is C17H20F2N4O. The first-order valence-electron chi connectivity index (χ1n) is 8.24. The molecule has 1 heterocycles. The van der Waals surface area contributed by atoms with E-state index < -0.39 is 11.6 Å². The van der Waals surface area contributed by atoms with Crippen molar-refractivity contribution in [1.29, 1.82) is 0 Å². The first-order valence-corrected chi connectivity index (χ1v) is 8.24. The summed E-state index contributed by atoms with van der Waals surface area (Å²) in [6.07, 6.45) is 3.72. The minimum absolute atomic E-state index is 0.0852. The molecule has 1 saturated carbocycles. The van der Waals surface area contributed by atoms with Crippen LogP contribution in [0.4, 0.5) is 8.78 Å². The van der Waals surface area contributed by atoms with Crippen molar-refractivity contribution in [3.63, 3.8) is 0 Å². The van der Waals surface area contributed by atoms with E-state index in [1.807, 2.05) is 6.92 Å². The topological polar surface area (TPSA) is 61.9 Å². The standard InChI is InChI=1S/C17H20F2N4O/c1-2-3-8-23(10-12-6-7-13(18)9-14(12)19)17(24)16-15(11-4-5-11)20-22-21-16/h6-7,9,11H,2-5,8,10H2,1H3,(H,20,21,22). The number of carbonyl (C=O) groups excluding carboxylic acids is 1. The van der Waals surface area contributed by atoms with E-state index in [2.05, 4.69) is 15.4 Å². The summed E-state index contributed by atoms with van der Waals surface area (Å²) >= 11 is 0. The van der Waals surface area contributed by atoms with Crippen molar-refractivity contribution in [3.05, 3.63) is 46.8 Å². The van der Waals surface area contributed by atoms with Gasteiger partial charge >= 0.3 is 0 Å². The summed E-state index contributed by atoms with van der Waals surface area (Å²) in [6, 6.07) is 3.41. The van der Waals surface area contributed by atoms with Gasteiger partial charge in [0.1, 0.15) is 11.6 Å². The number of halogens is 2. The number of nitrogens with one attached hydrogen (secondary N) is 1. The average molecular weight is 334 g/mol. The molecule has 0 atom stereocenters. The van der Waals surface area contributed by atoms with E-state index in [0.717, 1.165) is 31.7 Å². The number of aromatic amines is 1. The van der Waals surface area contributed by atoms with Crippen LogP contribution >= 0.6 is 0 Å². The van der Waals surface area contributed by atoms with Gasteiger partial charge in [0.15, 0.2) is 5.69 Å². The summed E-state index contributed by atoms with van der Waals surface area (Å²) in [5.41, 5.74) is 1.30. The van der Waals surface area contributed by atoms with E-state index in [0.29, 0.717) is 23.9 Å². The predicted octanol–water partition coefficient (Wildman–Crippen LogP) is 3.40. The second-order valence-electron chi connectivity index (χ2n) is 6.15. The van der Waals surface area contributed by atoms with E-state index in [4.69, 9.17) is 0 Å². The summed E-state index contributed by atoms with van der Waals surface area (Å²) in [4.78, 5) is 14.4. The number of amides is 1. The lowest BCUT2D eigenvalue weighted by atomic mass is 10.1. The Balaban J connectivity index is 1.82.